The third-order valence-electron chi connectivity index (χ3n) is 0.877. The minimum Gasteiger partial charge on any atom is -0.227 e. The van der Waals surface area contributed by atoms with E-state index in [-0.39, 0.29) is 0 Å². The van der Waals surface area contributed by atoms with Crippen LogP contribution < -0.4 is 0 Å². The fraction of sp³-hybridized carbons (Fsp3) is 0.167. The summed E-state index contributed by atoms with van der Waals surface area (Å²) in [4.78, 5) is 8.30. The quantitative estimate of drug-likeness (QED) is 0.318. The predicted octanol–water partition coefficient (Wildman–Crippen LogP) is 2.32. The molecule has 3 nitrogen and oxygen atoms in total. The largest absolute Gasteiger partial charge is 0.227 e. The van der Waals surface area contributed by atoms with Crippen molar-refractivity contribution in [1.29, 1.82) is 0 Å². The summed E-state index contributed by atoms with van der Waals surface area (Å²) in [5, 5.41) is 1.11. The van der Waals surface area contributed by atoms with Gasteiger partial charge >= 0.3 is 0 Å². The SMILES string of the molecule is COOSc1cccc(Cl)n1. The fourth-order valence-electron chi connectivity index (χ4n) is 0.505. The number of pyridine rings is 1. The third-order valence-corrected chi connectivity index (χ3v) is 1.69. The van der Waals surface area contributed by atoms with Gasteiger partial charge in [0.25, 0.3) is 0 Å². The van der Waals surface area contributed by atoms with E-state index in [0.717, 1.165) is 12.0 Å². The van der Waals surface area contributed by atoms with E-state index in [1.165, 1.54) is 7.11 Å². The van der Waals surface area contributed by atoms with Gasteiger partial charge in [0.15, 0.2) is 0 Å². The lowest BCUT2D eigenvalue weighted by atomic mass is 10.5. The molecule has 0 aliphatic carbocycles. The number of aromatic nitrogens is 1. The molecule has 0 saturated heterocycles. The third kappa shape index (κ3) is 3.07. The smallest absolute Gasteiger partial charge is 0.130 e. The highest BCUT2D eigenvalue weighted by atomic mass is 35.5. The van der Waals surface area contributed by atoms with Gasteiger partial charge in [-0.25, -0.2) is 9.87 Å². The molecular formula is C6H6ClNO2S. The second-order valence-electron chi connectivity index (χ2n) is 1.62. The molecule has 0 radical (unpaired) electrons. The molecule has 0 spiro atoms. The van der Waals surface area contributed by atoms with Crippen LogP contribution in [0.15, 0.2) is 23.2 Å². The lowest BCUT2D eigenvalue weighted by Crippen LogP contribution is -1.81. The molecule has 60 valence electrons. The zero-order valence-electron chi connectivity index (χ0n) is 5.78. The van der Waals surface area contributed by atoms with Crippen molar-refractivity contribution in [1.82, 2.24) is 4.98 Å². The average molecular weight is 192 g/mol. The molecule has 0 aliphatic heterocycles. The Kier molecular flexibility index (Phi) is 3.65. The van der Waals surface area contributed by atoms with Crippen molar-refractivity contribution in [3.63, 3.8) is 0 Å². The predicted molar refractivity (Wildman–Crippen MR) is 43.2 cm³/mol. The Morgan fingerprint density at radius 1 is 1.55 bits per heavy atom. The molecule has 0 saturated carbocycles. The maximum atomic E-state index is 5.60. The first-order chi connectivity index (χ1) is 5.33. The van der Waals surface area contributed by atoms with E-state index >= 15 is 0 Å². The summed E-state index contributed by atoms with van der Waals surface area (Å²) in [5.74, 6) is 0. The molecule has 1 aromatic heterocycles. The monoisotopic (exact) mass is 191 g/mol. The Balaban J connectivity index is 2.56. The van der Waals surface area contributed by atoms with Crippen molar-refractivity contribution < 1.29 is 9.22 Å². The van der Waals surface area contributed by atoms with Crippen molar-refractivity contribution in [2.75, 3.05) is 7.11 Å². The summed E-state index contributed by atoms with van der Waals surface area (Å²) in [6.07, 6.45) is 0. The molecule has 0 bridgehead atoms. The summed E-state index contributed by atoms with van der Waals surface area (Å²) in [6, 6.07) is 5.25. The molecular weight excluding hydrogens is 186 g/mol. The molecule has 0 aromatic carbocycles. The minimum absolute atomic E-state index is 0.440. The van der Waals surface area contributed by atoms with E-state index in [1.54, 1.807) is 18.2 Å². The number of nitrogens with zero attached hydrogens (tertiary/aromatic N) is 1. The van der Waals surface area contributed by atoms with Crippen LogP contribution in [0.1, 0.15) is 0 Å². The van der Waals surface area contributed by atoms with Gasteiger partial charge in [0.1, 0.15) is 10.2 Å². The molecule has 0 N–H and O–H groups in total. The van der Waals surface area contributed by atoms with Crippen molar-refractivity contribution in [3.05, 3.63) is 23.4 Å². The Bertz CT molecular complexity index is 234. The maximum Gasteiger partial charge on any atom is 0.130 e. The van der Waals surface area contributed by atoms with Gasteiger partial charge in [0, 0.05) is 0 Å². The van der Waals surface area contributed by atoms with Crippen molar-refractivity contribution in [2.24, 2.45) is 0 Å². The van der Waals surface area contributed by atoms with Crippen molar-refractivity contribution in [3.8, 4) is 0 Å². The molecule has 0 fully saturated rings. The van der Waals surface area contributed by atoms with Gasteiger partial charge in [-0.15, -0.1) is 0 Å². The van der Waals surface area contributed by atoms with E-state index in [2.05, 4.69) is 14.2 Å². The maximum absolute atomic E-state index is 5.60. The van der Waals surface area contributed by atoms with Gasteiger partial charge in [0.05, 0.1) is 19.2 Å². The summed E-state index contributed by atoms with van der Waals surface area (Å²) < 4.78 is 4.57. The summed E-state index contributed by atoms with van der Waals surface area (Å²) >= 11 is 6.62. The Morgan fingerprint density at radius 3 is 3.00 bits per heavy atom. The Labute approximate surface area is 73.8 Å². The highest BCUT2D eigenvalue weighted by Gasteiger charge is 1.96. The van der Waals surface area contributed by atoms with Gasteiger partial charge in [-0.2, -0.15) is 4.33 Å². The van der Waals surface area contributed by atoms with E-state index in [1.807, 2.05) is 0 Å². The van der Waals surface area contributed by atoms with Crippen LogP contribution in [0.3, 0.4) is 0 Å². The molecule has 5 heteroatoms. The zero-order valence-corrected chi connectivity index (χ0v) is 7.35. The first kappa shape index (κ1) is 8.80. The number of rotatable bonds is 3. The molecule has 11 heavy (non-hydrogen) atoms. The van der Waals surface area contributed by atoms with Gasteiger partial charge in [-0.3, -0.25) is 0 Å². The van der Waals surface area contributed by atoms with Gasteiger partial charge < -0.3 is 0 Å². The molecule has 0 amide bonds. The molecule has 0 atom stereocenters. The highest BCUT2D eigenvalue weighted by Crippen LogP contribution is 2.17. The minimum atomic E-state index is 0.440. The van der Waals surface area contributed by atoms with Crippen LogP contribution in [0, 0.1) is 0 Å². The summed E-state index contributed by atoms with van der Waals surface area (Å²) in [6.45, 7) is 0. The van der Waals surface area contributed by atoms with Crippen molar-refractivity contribution in [2.45, 2.75) is 5.03 Å². The second-order valence-corrected chi connectivity index (χ2v) is 2.72. The van der Waals surface area contributed by atoms with Crippen molar-refractivity contribution >= 4 is 23.6 Å². The van der Waals surface area contributed by atoms with E-state index in [0.29, 0.717) is 10.2 Å². The number of halogens is 1. The molecule has 1 heterocycles. The summed E-state index contributed by atoms with van der Waals surface area (Å²) in [7, 11) is 1.43. The first-order valence-corrected chi connectivity index (χ1v) is 3.95. The lowest BCUT2D eigenvalue weighted by molar-refractivity contribution is -0.160. The Morgan fingerprint density at radius 2 is 2.36 bits per heavy atom. The second kappa shape index (κ2) is 4.56. The fourth-order valence-corrected chi connectivity index (χ4v) is 1.13. The van der Waals surface area contributed by atoms with Crippen LogP contribution in [-0.4, -0.2) is 12.1 Å². The average Bonchev–Trinajstić information content (AvgIpc) is 2.01. The number of hydrogen-bond acceptors (Lipinski definition) is 4. The Hall–Kier alpha value is -0.290. The van der Waals surface area contributed by atoms with Crippen LogP contribution in [0.2, 0.25) is 5.15 Å². The van der Waals surface area contributed by atoms with Gasteiger partial charge in [-0.1, -0.05) is 17.7 Å². The van der Waals surface area contributed by atoms with Crippen LogP contribution in [0.5, 0.6) is 0 Å². The van der Waals surface area contributed by atoms with E-state index in [4.69, 9.17) is 11.6 Å². The molecule has 1 aromatic rings. The normalized spacial score (nSPS) is 10.0. The molecule has 0 aliphatic rings. The highest BCUT2D eigenvalue weighted by molar-refractivity contribution is 7.94. The van der Waals surface area contributed by atoms with Crippen LogP contribution in [0.25, 0.3) is 0 Å². The molecule has 0 unspecified atom stereocenters. The first-order valence-electron chi connectivity index (χ1n) is 2.83. The van der Waals surface area contributed by atoms with E-state index in [9.17, 15) is 0 Å². The standard InChI is InChI=1S/C6H6ClNO2S/c1-9-10-11-6-4-2-3-5(7)8-6/h2-4H,1H3. The van der Waals surface area contributed by atoms with Gasteiger partial charge in [0.2, 0.25) is 0 Å². The van der Waals surface area contributed by atoms with Crippen LogP contribution in [-0.2, 0) is 9.22 Å². The van der Waals surface area contributed by atoms with Gasteiger partial charge in [-0.05, 0) is 12.1 Å². The lowest BCUT2D eigenvalue weighted by Gasteiger charge is -1.96. The summed E-state index contributed by atoms with van der Waals surface area (Å²) in [5.41, 5.74) is 0. The number of hydrogen-bond donors (Lipinski definition) is 0. The topological polar surface area (TPSA) is 31.4 Å². The van der Waals surface area contributed by atoms with E-state index < -0.39 is 0 Å². The zero-order chi connectivity index (χ0) is 8.10. The van der Waals surface area contributed by atoms with Crippen LogP contribution in [0.4, 0.5) is 0 Å². The van der Waals surface area contributed by atoms with Crippen LogP contribution >= 0.6 is 23.6 Å². The molecule has 1 rings (SSSR count).